The Hall–Kier alpha value is -0.830. The Bertz CT molecular complexity index is 643. The summed E-state index contributed by atoms with van der Waals surface area (Å²) >= 11 is 0. The summed E-state index contributed by atoms with van der Waals surface area (Å²) in [5.41, 5.74) is 1.32. The summed E-state index contributed by atoms with van der Waals surface area (Å²) in [5, 5.41) is 7.44. The lowest BCUT2D eigenvalue weighted by Crippen LogP contribution is -2.47. The van der Waals surface area contributed by atoms with Crippen LogP contribution in [-0.4, -0.2) is 53.9 Å². The van der Waals surface area contributed by atoms with Crippen LogP contribution in [0.2, 0.25) is 0 Å². The van der Waals surface area contributed by atoms with Gasteiger partial charge in [0.25, 0.3) is 0 Å². The molecule has 4 unspecified atom stereocenters. The van der Waals surface area contributed by atoms with Crippen LogP contribution in [0.1, 0.15) is 39.0 Å². The summed E-state index contributed by atoms with van der Waals surface area (Å²) in [6, 6.07) is 11.0. The molecule has 2 N–H and O–H groups in total. The van der Waals surface area contributed by atoms with Gasteiger partial charge in [-0.05, 0) is 43.7 Å². The van der Waals surface area contributed by atoms with Crippen LogP contribution in [0.15, 0.2) is 35.3 Å². The molecule has 1 aromatic carbocycles. The molecule has 2 aliphatic rings. The number of hydrogen-bond donors (Lipinski definition) is 2. The molecule has 1 saturated heterocycles. The van der Waals surface area contributed by atoms with E-state index in [1.807, 2.05) is 14.0 Å². The summed E-state index contributed by atoms with van der Waals surface area (Å²) in [6.07, 6.45) is 5.59. The van der Waals surface area contributed by atoms with Crippen molar-refractivity contribution in [3.05, 3.63) is 30.3 Å². The zero-order valence-corrected chi connectivity index (χ0v) is 20.2. The van der Waals surface area contributed by atoms with E-state index < -0.39 is 10.8 Å². The van der Waals surface area contributed by atoms with Gasteiger partial charge in [-0.1, -0.05) is 31.5 Å². The van der Waals surface area contributed by atoms with Crippen LogP contribution in [0.25, 0.3) is 0 Å². The van der Waals surface area contributed by atoms with Gasteiger partial charge in [0.1, 0.15) is 0 Å². The van der Waals surface area contributed by atoms with Crippen molar-refractivity contribution in [2.45, 2.75) is 50.3 Å². The Balaban J connectivity index is 0.00000280. The molecule has 0 amide bonds. The van der Waals surface area contributed by atoms with Crippen LogP contribution in [0, 0.1) is 5.92 Å². The predicted molar refractivity (Wildman–Crippen MR) is 131 cm³/mol. The van der Waals surface area contributed by atoms with Gasteiger partial charge in [0.2, 0.25) is 0 Å². The van der Waals surface area contributed by atoms with Gasteiger partial charge in [0.05, 0.1) is 0 Å². The standard InChI is InChI=1S/C21H34N4OS.HI/c1-3-27(26)20-11-7-8-18(14-20)24-21(22-2)23-15-17-12-13-25(16-17)19-9-5-4-6-10-19;/h4-6,9-10,17-18,20H,3,7-8,11-16H2,1-2H3,(H2,22,23,24);1H. The first-order valence-corrected chi connectivity index (χ1v) is 11.7. The first-order valence-electron chi connectivity index (χ1n) is 10.3. The van der Waals surface area contributed by atoms with E-state index in [0.29, 0.717) is 17.2 Å². The lowest BCUT2D eigenvalue weighted by atomic mass is 9.95. The lowest BCUT2D eigenvalue weighted by molar-refractivity contribution is 0.412. The second-order valence-corrected chi connectivity index (χ2v) is 9.69. The number of anilines is 1. The summed E-state index contributed by atoms with van der Waals surface area (Å²) in [7, 11) is 1.15. The monoisotopic (exact) mass is 518 g/mol. The van der Waals surface area contributed by atoms with Crippen LogP contribution in [-0.2, 0) is 10.8 Å². The quantitative estimate of drug-likeness (QED) is 0.345. The van der Waals surface area contributed by atoms with Crippen molar-refractivity contribution in [2.75, 3.05) is 37.3 Å². The average Bonchev–Trinajstić information content (AvgIpc) is 3.20. The van der Waals surface area contributed by atoms with Crippen molar-refractivity contribution in [1.29, 1.82) is 0 Å². The van der Waals surface area contributed by atoms with Gasteiger partial charge in [-0.3, -0.25) is 9.20 Å². The molecule has 1 saturated carbocycles. The fourth-order valence-electron chi connectivity index (χ4n) is 4.25. The molecule has 3 rings (SSSR count). The van der Waals surface area contributed by atoms with Crippen LogP contribution < -0.4 is 15.5 Å². The number of halogens is 1. The highest BCUT2D eigenvalue weighted by atomic mass is 127. The first kappa shape index (κ1) is 23.4. The molecule has 0 aromatic heterocycles. The summed E-state index contributed by atoms with van der Waals surface area (Å²) < 4.78 is 12.1. The van der Waals surface area contributed by atoms with Crippen molar-refractivity contribution < 1.29 is 4.21 Å². The largest absolute Gasteiger partial charge is 0.371 e. The SMILES string of the molecule is CCS(=O)C1CCCC(NC(=NC)NCC2CCN(c3ccccc3)C2)C1.I. The molecule has 0 radical (unpaired) electrons. The van der Waals surface area contributed by atoms with Gasteiger partial charge < -0.3 is 15.5 Å². The Morgan fingerprint density at radius 2 is 2.04 bits per heavy atom. The third-order valence-electron chi connectivity index (χ3n) is 5.81. The Morgan fingerprint density at radius 3 is 2.75 bits per heavy atom. The number of nitrogens with one attached hydrogen (secondary N) is 2. The highest BCUT2D eigenvalue weighted by Gasteiger charge is 2.27. The van der Waals surface area contributed by atoms with Crippen molar-refractivity contribution >= 4 is 46.4 Å². The van der Waals surface area contributed by atoms with Gasteiger partial charge >= 0.3 is 0 Å². The summed E-state index contributed by atoms with van der Waals surface area (Å²) in [6.45, 7) is 5.18. The van der Waals surface area contributed by atoms with Gasteiger partial charge in [-0.15, -0.1) is 24.0 Å². The molecule has 5 nitrogen and oxygen atoms in total. The van der Waals surface area contributed by atoms with Crippen molar-refractivity contribution in [1.82, 2.24) is 10.6 Å². The number of aliphatic imine (C=N–C) groups is 1. The Labute approximate surface area is 189 Å². The molecule has 1 aromatic rings. The number of guanidine groups is 1. The zero-order valence-electron chi connectivity index (χ0n) is 17.1. The molecule has 2 fully saturated rings. The van der Waals surface area contributed by atoms with E-state index >= 15 is 0 Å². The topological polar surface area (TPSA) is 56.7 Å². The maximum Gasteiger partial charge on any atom is 0.191 e. The average molecular weight is 519 g/mol. The second kappa shape index (κ2) is 12.0. The normalized spacial score (nSPS) is 26.4. The second-order valence-electron chi connectivity index (χ2n) is 7.69. The molecule has 4 atom stereocenters. The highest BCUT2D eigenvalue weighted by Crippen LogP contribution is 2.24. The van der Waals surface area contributed by atoms with Crippen LogP contribution in [0.4, 0.5) is 5.69 Å². The molecule has 0 bridgehead atoms. The highest BCUT2D eigenvalue weighted by molar-refractivity contribution is 14.0. The third kappa shape index (κ3) is 6.61. The first-order chi connectivity index (χ1) is 13.2. The van der Waals surface area contributed by atoms with E-state index in [-0.39, 0.29) is 24.0 Å². The molecule has 0 spiro atoms. The zero-order chi connectivity index (χ0) is 19.1. The van der Waals surface area contributed by atoms with Crippen LogP contribution in [0.5, 0.6) is 0 Å². The molecule has 1 aliphatic carbocycles. The summed E-state index contributed by atoms with van der Waals surface area (Å²) in [4.78, 5) is 6.88. The van der Waals surface area contributed by atoms with E-state index in [1.54, 1.807) is 0 Å². The molecule has 7 heteroatoms. The smallest absolute Gasteiger partial charge is 0.191 e. The number of rotatable bonds is 6. The van der Waals surface area contributed by atoms with E-state index in [2.05, 4.69) is 50.9 Å². The minimum absolute atomic E-state index is 0. The number of hydrogen-bond acceptors (Lipinski definition) is 3. The van der Waals surface area contributed by atoms with Crippen LogP contribution in [0.3, 0.4) is 0 Å². The number of nitrogens with zero attached hydrogens (tertiary/aromatic N) is 2. The van der Waals surface area contributed by atoms with E-state index in [4.69, 9.17) is 0 Å². The van der Waals surface area contributed by atoms with Gasteiger partial charge in [-0.2, -0.15) is 0 Å². The van der Waals surface area contributed by atoms with E-state index in [0.717, 1.165) is 57.0 Å². The van der Waals surface area contributed by atoms with Gasteiger partial charge in [0.15, 0.2) is 5.96 Å². The molecule has 1 aliphatic heterocycles. The molecule has 1 heterocycles. The summed E-state index contributed by atoms with van der Waals surface area (Å²) in [5.74, 6) is 2.29. The predicted octanol–water partition coefficient (Wildman–Crippen LogP) is 3.38. The number of benzene rings is 1. The third-order valence-corrected chi connectivity index (χ3v) is 7.55. The van der Waals surface area contributed by atoms with Crippen molar-refractivity contribution in [3.8, 4) is 0 Å². The molecular weight excluding hydrogens is 483 g/mol. The van der Waals surface area contributed by atoms with Crippen LogP contribution >= 0.6 is 24.0 Å². The Kier molecular flexibility index (Phi) is 10.0. The van der Waals surface area contributed by atoms with Gasteiger partial charge in [0, 0.05) is 60.2 Å². The van der Waals surface area contributed by atoms with Crippen molar-refractivity contribution in [2.24, 2.45) is 10.9 Å². The minimum atomic E-state index is -0.685. The van der Waals surface area contributed by atoms with Crippen molar-refractivity contribution in [3.63, 3.8) is 0 Å². The number of para-hydroxylation sites is 1. The lowest BCUT2D eigenvalue weighted by Gasteiger charge is -2.30. The molecule has 28 heavy (non-hydrogen) atoms. The Morgan fingerprint density at radius 1 is 1.25 bits per heavy atom. The van der Waals surface area contributed by atoms with E-state index in [1.165, 1.54) is 12.1 Å². The minimum Gasteiger partial charge on any atom is -0.371 e. The van der Waals surface area contributed by atoms with E-state index in [9.17, 15) is 4.21 Å². The maximum atomic E-state index is 12.1. The molecular formula is C21H35IN4OS. The van der Waals surface area contributed by atoms with Gasteiger partial charge in [-0.25, -0.2) is 0 Å². The maximum absolute atomic E-state index is 12.1. The fraction of sp³-hybridized carbons (Fsp3) is 0.667. The molecule has 158 valence electrons. The fourth-order valence-corrected chi connectivity index (χ4v) is 5.60.